The van der Waals surface area contributed by atoms with Crippen molar-refractivity contribution in [3.63, 3.8) is 0 Å². The molecule has 0 saturated carbocycles. The van der Waals surface area contributed by atoms with Crippen molar-refractivity contribution in [1.82, 2.24) is 0 Å². The Labute approximate surface area is 128 Å². The highest BCUT2D eigenvalue weighted by Gasteiger charge is 2.23. The summed E-state index contributed by atoms with van der Waals surface area (Å²) in [4.78, 5) is 0. The molecule has 3 rings (SSSR count). The monoisotopic (exact) mass is 279 g/mol. The lowest BCUT2D eigenvalue weighted by Gasteiger charge is -2.28. The average molecular weight is 279 g/mol. The molecule has 21 heavy (non-hydrogen) atoms. The van der Waals surface area contributed by atoms with Gasteiger partial charge in [0.25, 0.3) is 0 Å². The van der Waals surface area contributed by atoms with Crippen LogP contribution in [0.25, 0.3) is 0 Å². The van der Waals surface area contributed by atoms with Gasteiger partial charge in [-0.15, -0.1) is 0 Å². The minimum atomic E-state index is 0.140. The third kappa shape index (κ3) is 2.89. The van der Waals surface area contributed by atoms with Gasteiger partial charge in [0.05, 0.1) is 0 Å². The molecule has 2 aromatic rings. The summed E-state index contributed by atoms with van der Waals surface area (Å²) >= 11 is 0. The van der Waals surface area contributed by atoms with Gasteiger partial charge in [-0.1, -0.05) is 42.5 Å². The summed E-state index contributed by atoms with van der Waals surface area (Å²) in [7, 11) is 0. The number of aryl methyl sites for hydroxylation is 2. The second-order valence-corrected chi connectivity index (χ2v) is 6.42. The van der Waals surface area contributed by atoms with Gasteiger partial charge in [-0.2, -0.15) is 0 Å². The van der Waals surface area contributed by atoms with Crippen molar-refractivity contribution in [2.45, 2.75) is 51.5 Å². The molecular formula is C20H25N. The van der Waals surface area contributed by atoms with Gasteiger partial charge in [0.2, 0.25) is 0 Å². The van der Waals surface area contributed by atoms with Crippen LogP contribution in [0.3, 0.4) is 0 Å². The maximum absolute atomic E-state index is 6.55. The summed E-state index contributed by atoms with van der Waals surface area (Å²) in [5, 5.41) is 0. The molecule has 1 aliphatic carbocycles. The Morgan fingerprint density at radius 2 is 1.90 bits per heavy atom. The van der Waals surface area contributed by atoms with Gasteiger partial charge in [0.1, 0.15) is 0 Å². The second kappa shape index (κ2) is 6.03. The van der Waals surface area contributed by atoms with E-state index in [1.54, 1.807) is 0 Å². The first-order valence-electron chi connectivity index (χ1n) is 8.06. The van der Waals surface area contributed by atoms with Crippen molar-refractivity contribution in [3.05, 3.63) is 70.3 Å². The molecule has 0 fully saturated rings. The molecule has 1 aliphatic rings. The van der Waals surface area contributed by atoms with Gasteiger partial charge in [-0.25, -0.2) is 0 Å². The van der Waals surface area contributed by atoms with Crippen LogP contribution in [0.2, 0.25) is 0 Å². The van der Waals surface area contributed by atoms with Crippen molar-refractivity contribution >= 4 is 0 Å². The molecule has 2 N–H and O–H groups in total. The lowest BCUT2D eigenvalue weighted by Crippen LogP contribution is -2.19. The number of benzene rings is 2. The summed E-state index contributed by atoms with van der Waals surface area (Å²) in [6, 6.07) is 15.5. The molecule has 0 spiro atoms. The van der Waals surface area contributed by atoms with E-state index in [0.29, 0.717) is 5.92 Å². The van der Waals surface area contributed by atoms with Crippen molar-refractivity contribution in [1.29, 1.82) is 0 Å². The summed E-state index contributed by atoms with van der Waals surface area (Å²) in [5.74, 6) is 0.616. The van der Waals surface area contributed by atoms with Crippen molar-refractivity contribution in [2.24, 2.45) is 5.73 Å². The molecule has 0 heterocycles. The lowest BCUT2D eigenvalue weighted by molar-refractivity contribution is 0.475. The Morgan fingerprint density at radius 3 is 2.76 bits per heavy atom. The minimum Gasteiger partial charge on any atom is -0.324 e. The lowest BCUT2D eigenvalue weighted by atomic mass is 9.78. The van der Waals surface area contributed by atoms with Crippen LogP contribution in [0.4, 0.5) is 0 Å². The molecular weight excluding hydrogens is 254 g/mol. The van der Waals surface area contributed by atoms with Gasteiger partial charge in [0.15, 0.2) is 0 Å². The van der Waals surface area contributed by atoms with Gasteiger partial charge in [-0.05, 0) is 73.3 Å². The highest BCUT2D eigenvalue weighted by Crippen LogP contribution is 2.37. The number of fused-ring (bicyclic) bond motifs is 1. The van der Waals surface area contributed by atoms with Gasteiger partial charge in [0, 0.05) is 6.04 Å². The van der Waals surface area contributed by atoms with Crippen molar-refractivity contribution < 1.29 is 0 Å². The third-order valence-corrected chi connectivity index (χ3v) is 5.08. The van der Waals surface area contributed by atoms with E-state index in [0.717, 1.165) is 6.42 Å². The summed E-state index contributed by atoms with van der Waals surface area (Å²) in [5.41, 5.74) is 13.6. The van der Waals surface area contributed by atoms with E-state index in [4.69, 9.17) is 5.73 Å². The summed E-state index contributed by atoms with van der Waals surface area (Å²) in [6.45, 7) is 4.36. The maximum atomic E-state index is 6.55. The maximum Gasteiger partial charge on any atom is 0.0303 e. The standard InChI is InChI=1S/C20H25N/c1-14-7-5-12-18(15(14)2)20(21)13-17-10-6-9-16-8-3-4-11-19(16)17/h3-5,7-8,11-12,17,20H,6,9-10,13,21H2,1-2H3. The van der Waals surface area contributed by atoms with Crippen LogP contribution < -0.4 is 5.73 Å². The number of nitrogens with two attached hydrogens (primary N) is 1. The van der Waals surface area contributed by atoms with Crippen LogP contribution in [-0.4, -0.2) is 0 Å². The zero-order chi connectivity index (χ0) is 14.8. The molecule has 1 heteroatoms. The quantitative estimate of drug-likeness (QED) is 0.857. The largest absolute Gasteiger partial charge is 0.324 e. The van der Waals surface area contributed by atoms with E-state index in [2.05, 4.69) is 56.3 Å². The first kappa shape index (κ1) is 14.3. The molecule has 0 aliphatic heterocycles. The fraction of sp³-hybridized carbons (Fsp3) is 0.400. The number of hydrogen-bond donors (Lipinski definition) is 1. The molecule has 1 nitrogen and oxygen atoms in total. The highest BCUT2D eigenvalue weighted by molar-refractivity contribution is 5.37. The molecule has 0 bridgehead atoms. The summed E-state index contributed by atoms with van der Waals surface area (Å²) < 4.78 is 0. The molecule has 0 aromatic heterocycles. The van der Waals surface area contributed by atoms with E-state index in [1.165, 1.54) is 47.1 Å². The van der Waals surface area contributed by atoms with Gasteiger partial charge >= 0.3 is 0 Å². The first-order valence-corrected chi connectivity index (χ1v) is 8.06. The van der Waals surface area contributed by atoms with Crippen LogP contribution in [0.5, 0.6) is 0 Å². The van der Waals surface area contributed by atoms with E-state index in [1.807, 2.05) is 0 Å². The summed E-state index contributed by atoms with van der Waals surface area (Å²) in [6.07, 6.45) is 4.85. The first-order chi connectivity index (χ1) is 10.2. The molecule has 2 unspecified atom stereocenters. The van der Waals surface area contributed by atoms with Gasteiger partial charge in [-0.3, -0.25) is 0 Å². The van der Waals surface area contributed by atoms with Crippen LogP contribution in [-0.2, 0) is 6.42 Å². The topological polar surface area (TPSA) is 26.0 Å². The highest BCUT2D eigenvalue weighted by atomic mass is 14.6. The fourth-order valence-electron chi connectivity index (χ4n) is 3.71. The van der Waals surface area contributed by atoms with E-state index < -0.39 is 0 Å². The Balaban J connectivity index is 1.83. The average Bonchev–Trinajstić information content (AvgIpc) is 2.50. The number of rotatable bonds is 3. The van der Waals surface area contributed by atoms with E-state index >= 15 is 0 Å². The predicted molar refractivity (Wildman–Crippen MR) is 89.6 cm³/mol. The molecule has 0 radical (unpaired) electrons. The predicted octanol–water partition coefficient (Wildman–Crippen LogP) is 4.81. The molecule has 110 valence electrons. The van der Waals surface area contributed by atoms with Crippen LogP contribution in [0.15, 0.2) is 42.5 Å². The van der Waals surface area contributed by atoms with E-state index in [-0.39, 0.29) is 6.04 Å². The van der Waals surface area contributed by atoms with Crippen molar-refractivity contribution in [3.8, 4) is 0 Å². The normalized spacial score (nSPS) is 19.1. The van der Waals surface area contributed by atoms with Gasteiger partial charge < -0.3 is 5.73 Å². The van der Waals surface area contributed by atoms with Crippen LogP contribution in [0, 0.1) is 13.8 Å². The zero-order valence-electron chi connectivity index (χ0n) is 13.1. The SMILES string of the molecule is Cc1cccc(C(N)CC2CCCc3ccccc32)c1C. The minimum absolute atomic E-state index is 0.140. The third-order valence-electron chi connectivity index (χ3n) is 5.08. The second-order valence-electron chi connectivity index (χ2n) is 6.42. The molecule has 0 saturated heterocycles. The molecule has 2 aromatic carbocycles. The van der Waals surface area contributed by atoms with E-state index in [9.17, 15) is 0 Å². The van der Waals surface area contributed by atoms with Crippen molar-refractivity contribution in [2.75, 3.05) is 0 Å². The smallest absolute Gasteiger partial charge is 0.0303 e. The van der Waals surface area contributed by atoms with Crippen LogP contribution >= 0.6 is 0 Å². The Kier molecular flexibility index (Phi) is 4.12. The Morgan fingerprint density at radius 1 is 1.10 bits per heavy atom. The van der Waals surface area contributed by atoms with Crippen LogP contribution in [0.1, 0.15) is 59.0 Å². The number of hydrogen-bond acceptors (Lipinski definition) is 1. The molecule has 0 amide bonds. The Hall–Kier alpha value is -1.60. The fourth-order valence-corrected chi connectivity index (χ4v) is 3.71. The molecule has 2 atom stereocenters. The zero-order valence-corrected chi connectivity index (χ0v) is 13.1. The Bertz CT molecular complexity index is 629.